The van der Waals surface area contributed by atoms with Gasteiger partial charge in [-0.3, -0.25) is 9.59 Å². The molecule has 0 aromatic carbocycles. The van der Waals surface area contributed by atoms with Gasteiger partial charge in [0.1, 0.15) is 0 Å². The van der Waals surface area contributed by atoms with Gasteiger partial charge in [-0.1, -0.05) is 19.1 Å². The fourth-order valence-electron chi connectivity index (χ4n) is 2.68. The third-order valence-corrected chi connectivity index (χ3v) is 5.19. The number of nitrogens with zero attached hydrogens (tertiary/aromatic N) is 1. The Morgan fingerprint density at radius 1 is 1.24 bits per heavy atom. The zero-order chi connectivity index (χ0) is 15.6. The van der Waals surface area contributed by atoms with Gasteiger partial charge in [0.25, 0.3) is 11.8 Å². The normalized spacial score (nSPS) is 34.9. The second kappa shape index (κ2) is 4.31. The van der Waals surface area contributed by atoms with Crippen molar-refractivity contribution >= 4 is 21.9 Å². The lowest BCUT2D eigenvalue weighted by atomic mass is 9.85. The zero-order valence-corrected chi connectivity index (χ0v) is 11.5. The Hall–Kier alpha value is -1.39. The SMILES string of the molecule is CCC(F)(F)S(=O)(=O)ON1C(=O)C2C3C=CC(O3)C2C1=O. The van der Waals surface area contributed by atoms with Crippen LogP contribution >= 0.6 is 0 Å². The summed E-state index contributed by atoms with van der Waals surface area (Å²) in [5.41, 5.74) is 0. The molecule has 0 spiro atoms. The van der Waals surface area contributed by atoms with Gasteiger partial charge in [-0.2, -0.15) is 17.2 Å². The molecule has 0 N–H and O–H groups in total. The van der Waals surface area contributed by atoms with Crippen molar-refractivity contribution in [2.24, 2.45) is 11.8 Å². The Kier molecular flexibility index (Phi) is 2.98. The van der Waals surface area contributed by atoms with Crippen LogP contribution < -0.4 is 0 Å². The number of rotatable bonds is 4. The Morgan fingerprint density at radius 2 is 1.71 bits per heavy atom. The molecule has 21 heavy (non-hydrogen) atoms. The van der Waals surface area contributed by atoms with Crippen molar-refractivity contribution in [1.29, 1.82) is 0 Å². The Balaban J connectivity index is 1.86. The summed E-state index contributed by atoms with van der Waals surface area (Å²) in [5.74, 6) is -3.79. The first kappa shape index (κ1) is 14.5. The molecule has 0 aliphatic carbocycles. The van der Waals surface area contributed by atoms with Crippen LogP contribution in [0.2, 0.25) is 0 Å². The van der Waals surface area contributed by atoms with Gasteiger partial charge in [0.2, 0.25) is 0 Å². The average Bonchev–Trinajstić information content (AvgIpc) is 3.08. The van der Waals surface area contributed by atoms with E-state index in [1.54, 1.807) is 12.2 Å². The number of alkyl halides is 2. The molecule has 2 saturated heterocycles. The Bertz CT molecular complexity index is 615. The van der Waals surface area contributed by atoms with Gasteiger partial charge < -0.3 is 4.74 Å². The van der Waals surface area contributed by atoms with Crippen LogP contribution in [0.5, 0.6) is 0 Å². The smallest absolute Gasteiger partial charge is 0.365 e. The molecule has 3 aliphatic rings. The highest BCUT2D eigenvalue weighted by atomic mass is 32.2. The minimum atomic E-state index is -5.41. The summed E-state index contributed by atoms with van der Waals surface area (Å²) in [6, 6.07) is 0. The molecule has 2 fully saturated rings. The summed E-state index contributed by atoms with van der Waals surface area (Å²) in [5, 5.41) is -4.25. The maximum absolute atomic E-state index is 13.3. The molecule has 3 heterocycles. The van der Waals surface area contributed by atoms with Crippen LogP contribution in [0.1, 0.15) is 13.3 Å². The molecule has 10 heteroatoms. The minimum absolute atomic E-state index is 0.0657. The van der Waals surface area contributed by atoms with Crippen LogP contribution in [0.15, 0.2) is 12.2 Å². The van der Waals surface area contributed by atoms with Gasteiger partial charge in [-0.05, 0) is 0 Å². The number of halogens is 2. The van der Waals surface area contributed by atoms with Crippen molar-refractivity contribution in [1.82, 2.24) is 5.06 Å². The van der Waals surface area contributed by atoms with E-state index >= 15 is 0 Å². The second-order valence-electron chi connectivity index (χ2n) is 4.99. The van der Waals surface area contributed by atoms with Gasteiger partial charge in [0.15, 0.2) is 0 Å². The van der Waals surface area contributed by atoms with Gasteiger partial charge in [0, 0.05) is 6.42 Å². The lowest BCUT2D eigenvalue weighted by Gasteiger charge is -2.19. The molecule has 0 radical (unpaired) electrons. The number of imide groups is 1. The van der Waals surface area contributed by atoms with Crippen molar-refractivity contribution in [3.05, 3.63) is 12.2 Å². The van der Waals surface area contributed by atoms with Gasteiger partial charge in [0.05, 0.1) is 24.0 Å². The summed E-state index contributed by atoms with van der Waals surface area (Å²) in [6.45, 7) is 0.946. The van der Waals surface area contributed by atoms with Crippen LogP contribution in [0.3, 0.4) is 0 Å². The molecule has 0 aromatic heterocycles. The molecule has 116 valence electrons. The number of fused-ring (bicyclic) bond motifs is 5. The molecular formula is C11H11F2NO6S. The molecular weight excluding hydrogens is 312 g/mol. The highest BCUT2D eigenvalue weighted by Gasteiger charge is 2.63. The molecule has 0 saturated carbocycles. The van der Waals surface area contributed by atoms with E-state index in [0.29, 0.717) is 0 Å². The molecule has 7 nitrogen and oxygen atoms in total. The Morgan fingerprint density at radius 3 is 2.14 bits per heavy atom. The number of carbonyl (C=O) groups excluding carboxylic acids is 2. The predicted molar refractivity (Wildman–Crippen MR) is 61.9 cm³/mol. The molecule has 2 bridgehead atoms. The summed E-state index contributed by atoms with van der Waals surface area (Å²) in [7, 11) is -5.41. The van der Waals surface area contributed by atoms with Gasteiger partial charge in [-0.25, -0.2) is 0 Å². The molecule has 4 unspecified atom stereocenters. The maximum Gasteiger partial charge on any atom is 0.371 e. The van der Waals surface area contributed by atoms with Crippen molar-refractivity contribution in [3.63, 3.8) is 0 Å². The van der Waals surface area contributed by atoms with E-state index in [4.69, 9.17) is 4.74 Å². The van der Waals surface area contributed by atoms with Crippen molar-refractivity contribution < 1.29 is 35.8 Å². The van der Waals surface area contributed by atoms with E-state index in [0.717, 1.165) is 6.92 Å². The summed E-state index contributed by atoms with van der Waals surface area (Å²) >= 11 is 0. The highest BCUT2D eigenvalue weighted by Crippen LogP contribution is 2.45. The molecule has 4 atom stereocenters. The van der Waals surface area contributed by atoms with Crippen molar-refractivity contribution in [2.75, 3.05) is 0 Å². The predicted octanol–water partition coefficient (Wildman–Crippen LogP) is 0.189. The quantitative estimate of drug-likeness (QED) is 0.542. The number of hydrogen-bond donors (Lipinski definition) is 0. The molecule has 2 amide bonds. The number of hydrogen-bond acceptors (Lipinski definition) is 6. The summed E-state index contributed by atoms with van der Waals surface area (Å²) in [6.07, 6.45) is 0.818. The first-order valence-corrected chi connectivity index (χ1v) is 7.64. The fraction of sp³-hybridized carbons (Fsp3) is 0.636. The monoisotopic (exact) mass is 323 g/mol. The second-order valence-corrected chi connectivity index (χ2v) is 6.65. The maximum atomic E-state index is 13.3. The fourth-order valence-corrected chi connectivity index (χ4v) is 3.48. The van der Waals surface area contributed by atoms with Crippen LogP contribution in [-0.4, -0.2) is 42.8 Å². The first-order valence-electron chi connectivity index (χ1n) is 6.23. The van der Waals surface area contributed by atoms with Crippen molar-refractivity contribution in [3.8, 4) is 0 Å². The number of ether oxygens (including phenoxy) is 1. The zero-order valence-electron chi connectivity index (χ0n) is 10.7. The minimum Gasteiger partial charge on any atom is -0.365 e. The lowest BCUT2D eigenvalue weighted by Crippen LogP contribution is -2.41. The van der Waals surface area contributed by atoms with Crippen LogP contribution in [0.25, 0.3) is 0 Å². The first-order chi connectivity index (χ1) is 9.69. The van der Waals surface area contributed by atoms with Crippen LogP contribution in [-0.2, 0) is 28.7 Å². The van der Waals surface area contributed by atoms with E-state index in [1.165, 1.54) is 0 Å². The lowest BCUT2D eigenvalue weighted by molar-refractivity contribution is -0.169. The molecule has 0 aromatic rings. The van der Waals surface area contributed by atoms with Gasteiger partial charge in [-0.15, -0.1) is 9.35 Å². The molecule has 3 aliphatic heterocycles. The summed E-state index contributed by atoms with van der Waals surface area (Å²) in [4.78, 5) is 24.1. The highest BCUT2D eigenvalue weighted by molar-refractivity contribution is 7.87. The Labute approximate surface area is 118 Å². The standard InChI is InChI=1S/C11H11F2NO6S/c1-2-11(12,13)21(17,18)20-14-9(15)7-5-3-4-6(19-5)8(7)10(14)16/h3-8H,2H2,1H3. The summed E-state index contributed by atoms with van der Waals surface area (Å²) < 4.78 is 58.9. The van der Waals surface area contributed by atoms with E-state index in [9.17, 15) is 26.8 Å². The van der Waals surface area contributed by atoms with E-state index in [2.05, 4.69) is 4.28 Å². The number of carbonyl (C=O) groups is 2. The average molecular weight is 323 g/mol. The van der Waals surface area contributed by atoms with E-state index in [1.807, 2.05) is 0 Å². The number of hydroxylamine groups is 2. The van der Waals surface area contributed by atoms with Crippen molar-refractivity contribution in [2.45, 2.75) is 30.8 Å². The third-order valence-electron chi connectivity index (χ3n) is 3.82. The molecule has 3 rings (SSSR count). The largest absolute Gasteiger partial charge is 0.371 e. The van der Waals surface area contributed by atoms with E-state index < -0.39 is 57.7 Å². The van der Waals surface area contributed by atoms with Crippen LogP contribution in [0.4, 0.5) is 8.78 Å². The van der Waals surface area contributed by atoms with Gasteiger partial charge >= 0.3 is 15.4 Å². The van der Waals surface area contributed by atoms with Crippen LogP contribution in [0, 0.1) is 11.8 Å². The third kappa shape index (κ3) is 1.86. The number of amides is 2. The topological polar surface area (TPSA) is 90.0 Å². The van der Waals surface area contributed by atoms with E-state index in [-0.39, 0.29) is 5.06 Å².